The fourth-order valence-corrected chi connectivity index (χ4v) is 2.70. The Labute approximate surface area is 116 Å². The van der Waals surface area contributed by atoms with Crippen molar-refractivity contribution in [2.45, 2.75) is 31.5 Å². The highest BCUT2D eigenvalue weighted by Crippen LogP contribution is 2.31. The van der Waals surface area contributed by atoms with Crippen molar-refractivity contribution in [3.8, 4) is 0 Å². The Balaban J connectivity index is 2.21. The number of benzene rings is 1. The topological polar surface area (TPSA) is 52.6 Å². The maximum absolute atomic E-state index is 13.4. The molecule has 0 amide bonds. The third kappa shape index (κ3) is 2.96. The molecule has 20 heavy (non-hydrogen) atoms. The smallest absolute Gasteiger partial charge is 0.320 e. The number of likely N-dealkylation sites (N-methyl/N-ethyl adjacent to an activating group) is 1. The summed E-state index contributed by atoms with van der Waals surface area (Å²) in [6.45, 7) is 2.34. The van der Waals surface area contributed by atoms with Crippen LogP contribution in [-0.2, 0) is 4.79 Å². The molecule has 1 heterocycles. The predicted octanol–water partition coefficient (Wildman–Crippen LogP) is 1.77. The van der Waals surface area contributed by atoms with Crippen LogP contribution in [0.5, 0.6) is 0 Å². The zero-order valence-corrected chi connectivity index (χ0v) is 11.4. The molecule has 0 radical (unpaired) electrons. The first-order chi connectivity index (χ1) is 9.40. The van der Waals surface area contributed by atoms with Crippen molar-refractivity contribution in [1.29, 1.82) is 0 Å². The molecule has 110 valence electrons. The van der Waals surface area contributed by atoms with E-state index in [0.717, 1.165) is 19.0 Å². The molecule has 0 unspecified atom stereocenters. The molecule has 2 N–H and O–H groups in total. The van der Waals surface area contributed by atoms with Crippen molar-refractivity contribution in [3.63, 3.8) is 0 Å². The molecule has 2 rings (SSSR count). The minimum Gasteiger partial charge on any atom is -0.480 e. The molecule has 1 aromatic rings. The Morgan fingerprint density at radius 1 is 1.45 bits per heavy atom. The van der Waals surface area contributed by atoms with E-state index < -0.39 is 23.6 Å². The first-order valence-corrected chi connectivity index (χ1v) is 6.54. The summed E-state index contributed by atoms with van der Waals surface area (Å²) in [5.41, 5.74) is 0.652. The largest absolute Gasteiger partial charge is 0.480 e. The lowest BCUT2D eigenvalue weighted by Gasteiger charge is -2.27. The lowest BCUT2D eigenvalue weighted by Crippen LogP contribution is -2.43. The average molecular weight is 284 g/mol. The van der Waals surface area contributed by atoms with Crippen LogP contribution in [0.4, 0.5) is 8.78 Å². The molecule has 1 aliphatic rings. The molecule has 1 fully saturated rings. The summed E-state index contributed by atoms with van der Waals surface area (Å²) in [4.78, 5) is 12.9. The van der Waals surface area contributed by atoms with Gasteiger partial charge in [0.1, 0.15) is 6.04 Å². The normalized spacial score (nSPS) is 24.8. The first-order valence-electron chi connectivity index (χ1n) is 6.54. The molecule has 0 aromatic heterocycles. The molecule has 6 heteroatoms. The van der Waals surface area contributed by atoms with E-state index in [2.05, 4.69) is 5.32 Å². The van der Waals surface area contributed by atoms with Crippen LogP contribution in [0.1, 0.15) is 24.9 Å². The van der Waals surface area contributed by atoms with Gasteiger partial charge in [0.25, 0.3) is 0 Å². The van der Waals surface area contributed by atoms with Crippen LogP contribution in [-0.4, -0.2) is 41.7 Å². The number of nitrogens with zero attached hydrogens (tertiary/aromatic N) is 1. The summed E-state index contributed by atoms with van der Waals surface area (Å²) < 4.78 is 26.4. The second-order valence-corrected chi connectivity index (χ2v) is 5.22. The monoisotopic (exact) mass is 284 g/mol. The molecule has 0 bridgehead atoms. The highest BCUT2D eigenvalue weighted by Gasteiger charge is 2.34. The second-order valence-electron chi connectivity index (χ2n) is 5.22. The van der Waals surface area contributed by atoms with E-state index in [-0.39, 0.29) is 12.1 Å². The number of halogens is 2. The number of nitrogens with one attached hydrogen (secondary N) is 1. The van der Waals surface area contributed by atoms with Crippen molar-refractivity contribution in [3.05, 3.63) is 35.4 Å². The van der Waals surface area contributed by atoms with Gasteiger partial charge in [0.15, 0.2) is 11.6 Å². The van der Waals surface area contributed by atoms with Crippen LogP contribution < -0.4 is 5.32 Å². The van der Waals surface area contributed by atoms with Gasteiger partial charge < -0.3 is 5.11 Å². The van der Waals surface area contributed by atoms with Gasteiger partial charge in [-0.3, -0.25) is 15.0 Å². The summed E-state index contributed by atoms with van der Waals surface area (Å²) in [6, 6.07) is 2.89. The fraction of sp³-hybridized carbons (Fsp3) is 0.500. The Bertz CT molecular complexity index is 510. The summed E-state index contributed by atoms with van der Waals surface area (Å²) in [5.74, 6) is -2.69. The van der Waals surface area contributed by atoms with E-state index in [0.29, 0.717) is 5.56 Å². The third-order valence-electron chi connectivity index (χ3n) is 3.77. The minimum absolute atomic E-state index is 0.101. The number of hydrogen-bond donors (Lipinski definition) is 2. The maximum Gasteiger partial charge on any atom is 0.320 e. The van der Waals surface area contributed by atoms with E-state index in [9.17, 15) is 13.6 Å². The van der Waals surface area contributed by atoms with Gasteiger partial charge in [0.2, 0.25) is 0 Å². The molecular formula is C14H18F2N2O2. The number of aliphatic carboxylic acids is 1. The zero-order chi connectivity index (χ0) is 14.9. The highest BCUT2D eigenvalue weighted by atomic mass is 19.2. The quantitative estimate of drug-likeness (QED) is 0.885. The van der Waals surface area contributed by atoms with Crippen LogP contribution >= 0.6 is 0 Å². The van der Waals surface area contributed by atoms with Gasteiger partial charge in [0.05, 0.1) is 0 Å². The van der Waals surface area contributed by atoms with Gasteiger partial charge >= 0.3 is 5.97 Å². The minimum atomic E-state index is -0.927. The molecule has 0 saturated carbocycles. The van der Waals surface area contributed by atoms with Gasteiger partial charge in [-0.25, -0.2) is 8.78 Å². The van der Waals surface area contributed by atoms with E-state index in [1.807, 2.05) is 11.9 Å². The van der Waals surface area contributed by atoms with Gasteiger partial charge in [-0.05, 0) is 38.1 Å². The van der Waals surface area contributed by atoms with Crippen LogP contribution in [0.3, 0.4) is 0 Å². The van der Waals surface area contributed by atoms with Crippen molar-refractivity contribution >= 4 is 5.97 Å². The number of carboxylic acid groups (broad SMARTS) is 1. The Hall–Kier alpha value is -1.53. The molecule has 1 saturated heterocycles. The number of hydrogen-bond acceptors (Lipinski definition) is 3. The van der Waals surface area contributed by atoms with Crippen molar-refractivity contribution in [2.24, 2.45) is 0 Å². The van der Waals surface area contributed by atoms with Gasteiger partial charge in [0, 0.05) is 18.6 Å². The number of carbonyl (C=O) groups is 1. The molecule has 0 aliphatic carbocycles. The van der Waals surface area contributed by atoms with Gasteiger partial charge in [-0.2, -0.15) is 0 Å². The third-order valence-corrected chi connectivity index (χ3v) is 3.77. The lowest BCUT2D eigenvalue weighted by molar-refractivity contribution is -0.139. The number of carboxylic acids is 1. The lowest BCUT2D eigenvalue weighted by atomic mass is 9.99. The van der Waals surface area contributed by atoms with Crippen molar-refractivity contribution < 1.29 is 18.7 Å². The molecule has 3 atom stereocenters. The van der Waals surface area contributed by atoms with Gasteiger partial charge in [-0.1, -0.05) is 6.07 Å². The number of likely N-dealkylation sites (tertiary alicyclic amines) is 1. The second kappa shape index (κ2) is 5.85. The summed E-state index contributed by atoms with van der Waals surface area (Å²) in [6.07, 6.45) is 0.762. The van der Waals surface area contributed by atoms with Crippen molar-refractivity contribution in [2.75, 3.05) is 13.6 Å². The molecular weight excluding hydrogens is 266 g/mol. The van der Waals surface area contributed by atoms with Crippen LogP contribution in [0, 0.1) is 11.6 Å². The molecule has 1 aromatic carbocycles. The van der Waals surface area contributed by atoms with E-state index >= 15 is 0 Å². The predicted molar refractivity (Wildman–Crippen MR) is 70.4 cm³/mol. The molecule has 0 spiro atoms. The SMILES string of the molecule is C[C@H](N[C@@H]1CCN(C)[C@@H]1c1ccc(F)c(F)c1)C(=O)O. The van der Waals surface area contributed by atoms with E-state index in [4.69, 9.17) is 5.11 Å². The van der Waals surface area contributed by atoms with E-state index in [1.165, 1.54) is 6.07 Å². The summed E-state index contributed by atoms with van der Waals surface area (Å²) in [7, 11) is 1.89. The highest BCUT2D eigenvalue weighted by molar-refractivity contribution is 5.72. The molecule has 4 nitrogen and oxygen atoms in total. The average Bonchev–Trinajstić information content (AvgIpc) is 2.74. The maximum atomic E-state index is 13.4. The Kier molecular flexibility index (Phi) is 4.35. The van der Waals surface area contributed by atoms with Crippen molar-refractivity contribution in [1.82, 2.24) is 10.2 Å². The van der Waals surface area contributed by atoms with E-state index in [1.54, 1.807) is 13.0 Å². The Morgan fingerprint density at radius 2 is 2.15 bits per heavy atom. The van der Waals surface area contributed by atoms with Gasteiger partial charge in [-0.15, -0.1) is 0 Å². The molecule has 1 aliphatic heterocycles. The van der Waals surface area contributed by atoms with Crippen LogP contribution in [0.15, 0.2) is 18.2 Å². The first kappa shape index (κ1) is 14.9. The van der Waals surface area contributed by atoms with Crippen LogP contribution in [0.25, 0.3) is 0 Å². The number of rotatable bonds is 4. The Morgan fingerprint density at radius 3 is 2.75 bits per heavy atom. The zero-order valence-electron chi connectivity index (χ0n) is 11.4. The fourth-order valence-electron chi connectivity index (χ4n) is 2.70. The standard InChI is InChI=1S/C14H18F2N2O2/c1-8(14(19)20)17-12-5-6-18(2)13(12)9-3-4-10(15)11(16)7-9/h3-4,7-8,12-13,17H,5-6H2,1-2H3,(H,19,20)/t8-,12+,13+/m0/s1. The summed E-state index contributed by atoms with van der Waals surface area (Å²) >= 11 is 0. The summed E-state index contributed by atoms with van der Waals surface area (Å²) in [5, 5.41) is 12.0. The van der Waals surface area contributed by atoms with Crippen LogP contribution in [0.2, 0.25) is 0 Å².